The van der Waals surface area contributed by atoms with E-state index in [2.05, 4.69) is 14.8 Å². The van der Waals surface area contributed by atoms with Crippen LogP contribution in [-0.4, -0.2) is 72.0 Å². The minimum absolute atomic E-state index is 0.0571. The molecule has 2 amide bonds. The molecule has 0 radical (unpaired) electrons. The number of piperazine rings is 1. The predicted molar refractivity (Wildman–Crippen MR) is 117 cm³/mol. The van der Waals surface area contributed by atoms with Crippen molar-refractivity contribution in [3.05, 3.63) is 52.5 Å². The number of carbonyl (C=O) groups is 2. The standard InChI is InChI=1S/C22H26N4O3S/c1-16(2)29-14-13-26-21(27)19(17-6-5-15-30-17)20(22(26)28)25-11-9-24(10-12-25)18-7-3-4-8-23-18/h3-8,15-16H,9-14H2,1-2H3. The number of carbonyl (C=O) groups excluding carboxylic acids is 2. The Bertz CT molecular complexity index is 919. The van der Waals surface area contributed by atoms with Crippen molar-refractivity contribution in [2.24, 2.45) is 0 Å². The van der Waals surface area contributed by atoms with Crippen molar-refractivity contribution >= 4 is 34.5 Å². The third-order valence-electron chi connectivity index (χ3n) is 5.25. The molecule has 8 heteroatoms. The van der Waals surface area contributed by atoms with Gasteiger partial charge in [0.1, 0.15) is 11.5 Å². The number of amides is 2. The Balaban J connectivity index is 1.54. The number of aromatic nitrogens is 1. The Morgan fingerprint density at radius 1 is 1.03 bits per heavy atom. The Labute approximate surface area is 180 Å². The largest absolute Gasteiger partial charge is 0.377 e. The zero-order chi connectivity index (χ0) is 21.1. The van der Waals surface area contributed by atoms with Crippen LogP contribution in [-0.2, 0) is 14.3 Å². The van der Waals surface area contributed by atoms with Gasteiger partial charge in [-0.25, -0.2) is 4.98 Å². The van der Waals surface area contributed by atoms with E-state index in [1.807, 2.05) is 49.6 Å². The lowest BCUT2D eigenvalue weighted by Gasteiger charge is -2.37. The first-order valence-corrected chi connectivity index (χ1v) is 11.1. The second-order valence-electron chi connectivity index (χ2n) is 7.54. The Morgan fingerprint density at radius 2 is 1.80 bits per heavy atom. The van der Waals surface area contributed by atoms with Crippen LogP contribution in [0, 0.1) is 0 Å². The number of hydrogen-bond donors (Lipinski definition) is 0. The van der Waals surface area contributed by atoms with E-state index < -0.39 is 0 Å². The molecular formula is C22H26N4O3S. The fourth-order valence-electron chi connectivity index (χ4n) is 3.78. The lowest BCUT2D eigenvalue weighted by atomic mass is 10.1. The molecule has 30 heavy (non-hydrogen) atoms. The molecule has 2 aromatic rings. The highest BCUT2D eigenvalue weighted by atomic mass is 32.1. The summed E-state index contributed by atoms with van der Waals surface area (Å²) in [6.45, 7) is 7.30. The van der Waals surface area contributed by atoms with Crippen LogP contribution in [0.3, 0.4) is 0 Å². The van der Waals surface area contributed by atoms with Gasteiger partial charge >= 0.3 is 0 Å². The van der Waals surface area contributed by atoms with Crippen LogP contribution in [0.25, 0.3) is 5.57 Å². The first kappa shape index (κ1) is 20.6. The van der Waals surface area contributed by atoms with Crippen molar-refractivity contribution in [3.8, 4) is 0 Å². The van der Waals surface area contributed by atoms with Crippen molar-refractivity contribution in [1.82, 2.24) is 14.8 Å². The topological polar surface area (TPSA) is 66.0 Å². The van der Waals surface area contributed by atoms with E-state index in [1.165, 1.54) is 16.2 Å². The van der Waals surface area contributed by atoms with Gasteiger partial charge in [0.15, 0.2) is 0 Å². The first-order chi connectivity index (χ1) is 14.6. The highest BCUT2D eigenvalue weighted by Gasteiger charge is 2.42. The molecule has 2 aliphatic heterocycles. The molecule has 0 bridgehead atoms. The summed E-state index contributed by atoms with van der Waals surface area (Å²) in [7, 11) is 0. The molecule has 4 heterocycles. The highest BCUT2D eigenvalue weighted by Crippen LogP contribution is 2.34. The summed E-state index contributed by atoms with van der Waals surface area (Å²) in [4.78, 5) is 37.3. The van der Waals surface area contributed by atoms with Gasteiger partial charge in [-0.2, -0.15) is 0 Å². The molecule has 0 saturated carbocycles. The average Bonchev–Trinajstić information content (AvgIpc) is 3.36. The average molecular weight is 427 g/mol. The zero-order valence-corrected chi connectivity index (χ0v) is 18.1. The predicted octanol–water partition coefficient (Wildman–Crippen LogP) is 2.47. The van der Waals surface area contributed by atoms with Crippen molar-refractivity contribution in [1.29, 1.82) is 0 Å². The van der Waals surface area contributed by atoms with Crippen LogP contribution in [0.1, 0.15) is 18.7 Å². The molecule has 2 aliphatic rings. The van der Waals surface area contributed by atoms with Gasteiger partial charge < -0.3 is 14.5 Å². The summed E-state index contributed by atoms with van der Waals surface area (Å²) in [6, 6.07) is 9.68. The van der Waals surface area contributed by atoms with Crippen LogP contribution < -0.4 is 4.90 Å². The number of nitrogens with zero attached hydrogens (tertiary/aromatic N) is 4. The van der Waals surface area contributed by atoms with Gasteiger partial charge in [-0.3, -0.25) is 14.5 Å². The van der Waals surface area contributed by atoms with E-state index in [0.29, 0.717) is 31.0 Å². The summed E-state index contributed by atoms with van der Waals surface area (Å²) in [5.41, 5.74) is 1.04. The summed E-state index contributed by atoms with van der Waals surface area (Å²) >= 11 is 1.49. The molecule has 0 spiro atoms. The monoisotopic (exact) mass is 426 g/mol. The normalized spacial score (nSPS) is 17.6. The summed E-state index contributed by atoms with van der Waals surface area (Å²) < 4.78 is 5.58. The molecule has 0 aromatic carbocycles. The Morgan fingerprint density at radius 3 is 2.43 bits per heavy atom. The molecular weight excluding hydrogens is 400 g/mol. The van der Waals surface area contributed by atoms with Crippen LogP contribution in [0.4, 0.5) is 5.82 Å². The minimum Gasteiger partial charge on any atom is -0.377 e. The number of imide groups is 1. The fourth-order valence-corrected chi connectivity index (χ4v) is 4.54. The molecule has 0 N–H and O–H groups in total. The van der Waals surface area contributed by atoms with Crippen LogP contribution in [0.5, 0.6) is 0 Å². The third-order valence-corrected chi connectivity index (χ3v) is 6.13. The van der Waals surface area contributed by atoms with Crippen LogP contribution >= 0.6 is 11.3 Å². The van der Waals surface area contributed by atoms with E-state index in [4.69, 9.17) is 4.74 Å². The lowest BCUT2D eigenvalue weighted by molar-refractivity contribution is -0.138. The van der Waals surface area contributed by atoms with E-state index >= 15 is 0 Å². The van der Waals surface area contributed by atoms with Crippen LogP contribution in [0.2, 0.25) is 0 Å². The van der Waals surface area contributed by atoms with E-state index in [9.17, 15) is 9.59 Å². The van der Waals surface area contributed by atoms with E-state index in [-0.39, 0.29) is 24.5 Å². The number of pyridine rings is 1. The zero-order valence-electron chi connectivity index (χ0n) is 17.3. The molecule has 4 rings (SSSR count). The molecule has 7 nitrogen and oxygen atoms in total. The SMILES string of the molecule is CC(C)OCCN1C(=O)C(c2cccs2)=C(N2CCN(c3ccccn3)CC2)C1=O. The highest BCUT2D eigenvalue weighted by molar-refractivity contribution is 7.11. The molecule has 0 atom stereocenters. The molecule has 158 valence electrons. The number of anilines is 1. The second-order valence-corrected chi connectivity index (χ2v) is 8.49. The third kappa shape index (κ3) is 4.11. The number of hydrogen-bond acceptors (Lipinski definition) is 7. The van der Waals surface area contributed by atoms with Gasteiger partial charge in [0.05, 0.1) is 24.8 Å². The first-order valence-electron chi connectivity index (χ1n) is 10.2. The summed E-state index contributed by atoms with van der Waals surface area (Å²) in [6.07, 6.45) is 1.84. The van der Waals surface area contributed by atoms with Gasteiger partial charge in [-0.05, 0) is 37.4 Å². The van der Waals surface area contributed by atoms with E-state index in [1.54, 1.807) is 6.20 Å². The maximum Gasteiger partial charge on any atom is 0.277 e. The van der Waals surface area contributed by atoms with Crippen molar-refractivity contribution in [3.63, 3.8) is 0 Å². The summed E-state index contributed by atoms with van der Waals surface area (Å²) in [5.74, 6) is 0.491. The number of thiophene rings is 1. The Hall–Kier alpha value is -2.71. The fraction of sp³-hybridized carbons (Fsp3) is 0.409. The molecule has 2 aromatic heterocycles. The maximum absolute atomic E-state index is 13.3. The van der Waals surface area contributed by atoms with Crippen molar-refractivity contribution < 1.29 is 14.3 Å². The number of ether oxygens (including phenoxy) is 1. The summed E-state index contributed by atoms with van der Waals surface area (Å²) in [5, 5.41) is 1.93. The van der Waals surface area contributed by atoms with Crippen molar-refractivity contribution in [2.75, 3.05) is 44.2 Å². The van der Waals surface area contributed by atoms with E-state index in [0.717, 1.165) is 23.8 Å². The van der Waals surface area contributed by atoms with Gasteiger partial charge in [0.2, 0.25) is 0 Å². The Kier molecular flexibility index (Phi) is 6.15. The quantitative estimate of drug-likeness (QED) is 0.634. The molecule has 1 fully saturated rings. The van der Waals surface area contributed by atoms with Crippen molar-refractivity contribution in [2.45, 2.75) is 20.0 Å². The smallest absolute Gasteiger partial charge is 0.277 e. The second kappa shape index (κ2) is 8.97. The lowest BCUT2D eigenvalue weighted by Crippen LogP contribution is -2.48. The number of rotatable bonds is 7. The van der Waals surface area contributed by atoms with Gasteiger partial charge in [0.25, 0.3) is 11.8 Å². The maximum atomic E-state index is 13.3. The minimum atomic E-state index is -0.225. The van der Waals surface area contributed by atoms with Gasteiger partial charge in [-0.1, -0.05) is 12.1 Å². The molecule has 0 aliphatic carbocycles. The molecule has 1 saturated heterocycles. The van der Waals surface area contributed by atoms with Gasteiger partial charge in [0, 0.05) is 37.3 Å². The van der Waals surface area contributed by atoms with Gasteiger partial charge in [-0.15, -0.1) is 11.3 Å². The van der Waals surface area contributed by atoms with Crippen LogP contribution in [0.15, 0.2) is 47.6 Å². The molecule has 0 unspecified atom stereocenters.